The molecule has 1 heterocycles. The lowest BCUT2D eigenvalue weighted by Gasteiger charge is -2.06. The number of carbonyl (C=O) groups excluding carboxylic acids is 1. The number of hydrogen-bond acceptors (Lipinski definition) is 5. The van der Waals surface area contributed by atoms with Crippen molar-refractivity contribution in [1.82, 2.24) is 10.4 Å². The maximum absolute atomic E-state index is 11.6. The number of rotatable bonds is 5. The molecule has 0 aliphatic rings. The molecular weight excluding hydrogens is 282 g/mol. The standard InChI is InChI=1S/C16H17N3O3/c1-12(14-7-9-17-10-8-14)18-19-16(20)22-11-13-3-5-15(21-2)6-4-13/h3-10H,11H2,1-2H3,(H,19,20). The van der Waals surface area contributed by atoms with E-state index >= 15 is 0 Å². The Morgan fingerprint density at radius 1 is 1.18 bits per heavy atom. The SMILES string of the molecule is COc1ccc(COC(=O)NN=C(C)c2ccncc2)cc1. The summed E-state index contributed by atoms with van der Waals surface area (Å²) in [6.07, 6.45) is 2.72. The Hall–Kier alpha value is -2.89. The van der Waals surface area contributed by atoms with Crippen LogP contribution >= 0.6 is 0 Å². The lowest BCUT2D eigenvalue weighted by Crippen LogP contribution is -2.20. The van der Waals surface area contributed by atoms with Crippen molar-refractivity contribution < 1.29 is 14.3 Å². The van der Waals surface area contributed by atoms with Gasteiger partial charge in [0.1, 0.15) is 12.4 Å². The Kier molecular flexibility index (Phi) is 5.48. The molecule has 0 fully saturated rings. The average Bonchev–Trinajstić information content (AvgIpc) is 2.59. The van der Waals surface area contributed by atoms with E-state index in [2.05, 4.69) is 15.5 Å². The van der Waals surface area contributed by atoms with Crippen LogP contribution in [0.3, 0.4) is 0 Å². The highest BCUT2D eigenvalue weighted by Crippen LogP contribution is 2.11. The van der Waals surface area contributed by atoms with Crippen molar-refractivity contribution in [2.75, 3.05) is 7.11 Å². The molecule has 2 aromatic rings. The summed E-state index contributed by atoms with van der Waals surface area (Å²) in [5, 5.41) is 3.98. The lowest BCUT2D eigenvalue weighted by atomic mass is 10.2. The number of nitrogens with zero attached hydrogens (tertiary/aromatic N) is 2. The van der Waals surface area contributed by atoms with Crippen molar-refractivity contribution >= 4 is 11.8 Å². The third-order valence-electron chi connectivity index (χ3n) is 2.94. The van der Waals surface area contributed by atoms with Crippen LogP contribution in [-0.4, -0.2) is 23.9 Å². The molecule has 6 nitrogen and oxygen atoms in total. The first-order valence-electron chi connectivity index (χ1n) is 6.69. The van der Waals surface area contributed by atoms with E-state index in [4.69, 9.17) is 9.47 Å². The minimum atomic E-state index is -0.607. The van der Waals surface area contributed by atoms with Crippen molar-refractivity contribution in [2.24, 2.45) is 5.10 Å². The van der Waals surface area contributed by atoms with Gasteiger partial charge in [-0.2, -0.15) is 5.10 Å². The van der Waals surface area contributed by atoms with E-state index in [-0.39, 0.29) is 6.61 Å². The molecule has 0 unspecified atom stereocenters. The minimum Gasteiger partial charge on any atom is -0.497 e. The van der Waals surface area contributed by atoms with Gasteiger partial charge in [0.25, 0.3) is 0 Å². The van der Waals surface area contributed by atoms with E-state index in [0.717, 1.165) is 16.9 Å². The molecule has 0 bridgehead atoms. The summed E-state index contributed by atoms with van der Waals surface area (Å²) < 4.78 is 10.1. The molecule has 0 aliphatic heterocycles. The summed E-state index contributed by atoms with van der Waals surface area (Å²) in [4.78, 5) is 15.5. The van der Waals surface area contributed by atoms with Crippen LogP contribution in [0, 0.1) is 0 Å². The zero-order chi connectivity index (χ0) is 15.8. The van der Waals surface area contributed by atoms with Gasteiger partial charge in [-0.3, -0.25) is 4.98 Å². The fourth-order valence-corrected chi connectivity index (χ4v) is 1.69. The Balaban J connectivity index is 1.82. The van der Waals surface area contributed by atoms with E-state index in [9.17, 15) is 4.79 Å². The summed E-state index contributed by atoms with van der Waals surface area (Å²) in [6.45, 7) is 1.96. The molecule has 114 valence electrons. The molecule has 1 N–H and O–H groups in total. The number of hydrazone groups is 1. The number of ether oxygens (including phenoxy) is 2. The third-order valence-corrected chi connectivity index (χ3v) is 2.94. The van der Waals surface area contributed by atoms with E-state index < -0.39 is 6.09 Å². The number of pyridine rings is 1. The van der Waals surface area contributed by atoms with Crippen molar-refractivity contribution in [2.45, 2.75) is 13.5 Å². The van der Waals surface area contributed by atoms with E-state index in [1.807, 2.05) is 36.4 Å². The third kappa shape index (κ3) is 4.59. The van der Waals surface area contributed by atoms with Gasteiger partial charge in [-0.05, 0) is 36.8 Å². The van der Waals surface area contributed by atoms with Crippen molar-refractivity contribution in [3.8, 4) is 5.75 Å². The van der Waals surface area contributed by atoms with Gasteiger partial charge >= 0.3 is 6.09 Å². The molecule has 0 spiro atoms. The topological polar surface area (TPSA) is 72.8 Å². The number of nitrogens with one attached hydrogen (secondary N) is 1. The van der Waals surface area contributed by atoms with Crippen LogP contribution in [0.1, 0.15) is 18.1 Å². The quantitative estimate of drug-likeness (QED) is 0.680. The highest BCUT2D eigenvalue weighted by Gasteiger charge is 2.03. The van der Waals surface area contributed by atoms with Gasteiger partial charge in [-0.1, -0.05) is 12.1 Å². The van der Waals surface area contributed by atoms with Crippen LogP contribution in [0.5, 0.6) is 5.75 Å². The molecule has 22 heavy (non-hydrogen) atoms. The summed E-state index contributed by atoms with van der Waals surface area (Å²) in [5.74, 6) is 0.755. The average molecular weight is 299 g/mol. The van der Waals surface area contributed by atoms with Gasteiger partial charge in [-0.15, -0.1) is 0 Å². The van der Waals surface area contributed by atoms with Crippen LogP contribution in [-0.2, 0) is 11.3 Å². The molecule has 0 atom stereocenters. The Morgan fingerprint density at radius 3 is 2.50 bits per heavy atom. The van der Waals surface area contributed by atoms with Crippen LogP contribution in [0.2, 0.25) is 0 Å². The molecule has 2 rings (SSSR count). The molecule has 1 aromatic carbocycles. The second kappa shape index (κ2) is 7.78. The Labute approximate surface area is 128 Å². The number of amides is 1. The van der Waals surface area contributed by atoms with Crippen molar-refractivity contribution in [3.63, 3.8) is 0 Å². The second-order valence-corrected chi connectivity index (χ2v) is 4.47. The lowest BCUT2D eigenvalue weighted by molar-refractivity contribution is 0.140. The summed E-state index contributed by atoms with van der Waals surface area (Å²) in [5.41, 5.74) is 4.77. The summed E-state index contributed by atoms with van der Waals surface area (Å²) in [7, 11) is 1.60. The molecule has 1 aromatic heterocycles. The van der Waals surface area contributed by atoms with Crippen LogP contribution in [0.4, 0.5) is 4.79 Å². The first-order valence-corrected chi connectivity index (χ1v) is 6.69. The summed E-state index contributed by atoms with van der Waals surface area (Å²) in [6, 6.07) is 10.9. The number of methoxy groups -OCH3 is 1. The zero-order valence-electron chi connectivity index (χ0n) is 12.4. The largest absolute Gasteiger partial charge is 0.497 e. The maximum Gasteiger partial charge on any atom is 0.428 e. The molecule has 0 radical (unpaired) electrons. The van der Waals surface area contributed by atoms with Gasteiger partial charge in [0, 0.05) is 18.0 Å². The number of benzene rings is 1. The van der Waals surface area contributed by atoms with E-state index in [0.29, 0.717) is 5.71 Å². The molecule has 0 aliphatic carbocycles. The minimum absolute atomic E-state index is 0.166. The molecular formula is C16H17N3O3. The second-order valence-electron chi connectivity index (χ2n) is 4.47. The monoisotopic (exact) mass is 299 g/mol. The number of hydrogen-bond donors (Lipinski definition) is 1. The molecule has 6 heteroatoms. The summed E-state index contributed by atoms with van der Waals surface area (Å²) >= 11 is 0. The zero-order valence-corrected chi connectivity index (χ0v) is 12.4. The predicted octanol–water partition coefficient (Wildman–Crippen LogP) is 2.74. The first-order chi connectivity index (χ1) is 10.7. The Bertz CT molecular complexity index is 639. The fourth-order valence-electron chi connectivity index (χ4n) is 1.69. The molecule has 0 saturated carbocycles. The van der Waals surface area contributed by atoms with E-state index in [1.165, 1.54) is 0 Å². The van der Waals surface area contributed by atoms with Gasteiger partial charge < -0.3 is 9.47 Å². The van der Waals surface area contributed by atoms with E-state index in [1.54, 1.807) is 26.4 Å². The highest BCUT2D eigenvalue weighted by molar-refractivity contribution is 5.98. The van der Waals surface area contributed by atoms with Gasteiger partial charge in [0.15, 0.2) is 0 Å². The van der Waals surface area contributed by atoms with Crippen molar-refractivity contribution in [3.05, 3.63) is 59.9 Å². The highest BCUT2D eigenvalue weighted by atomic mass is 16.6. The van der Waals surface area contributed by atoms with Crippen LogP contribution < -0.4 is 10.2 Å². The Morgan fingerprint density at radius 2 is 1.86 bits per heavy atom. The van der Waals surface area contributed by atoms with Gasteiger partial charge in [0.05, 0.1) is 12.8 Å². The normalized spacial score (nSPS) is 10.9. The maximum atomic E-state index is 11.6. The smallest absolute Gasteiger partial charge is 0.428 e. The number of carbonyl (C=O) groups is 1. The number of aromatic nitrogens is 1. The predicted molar refractivity (Wildman–Crippen MR) is 82.8 cm³/mol. The molecule has 0 saturated heterocycles. The van der Waals surface area contributed by atoms with Crippen LogP contribution in [0.15, 0.2) is 53.9 Å². The molecule has 1 amide bonds. The fraction of sp³-hybridized carbons (Fsp3) is 0.188. The first kappa shape index (κ1) is 15.5. The van der Waals surface area contributed by atoms with Crippen LogP contribution in [0.25, 0.3) is 0 Å². The van der Waals surface area contributed by atoms with Crippen molar-refractivity contribution in [1.29, 1.82) is 0 Å². The van der Waals surface area contributed by atoms with Gasteiger partial charge in [-0.25, -0.2) is 10.2 Å². The van der Waals surface area contributed by atoms with Gasteiger partial charge in [0.2, 0.25) is 0 Å².